The van der Waals surface area contributed by atoms with Crippen LogP contribution in [0.15, 0.2) is 78.0 Å². The Balaban J connectivity index is 1.41. The highest BCUT2D eigenvalue weighted by Crippen LogP contribution is 2.35. The minimum absolute atomic E-state index is 0.0837. The molecule has 0 aliphatic carbocycles. The topological polar surface area (TPSA) is 34.0 Å². The molecule has 1 aliphatic rings. The molecule has 0 fully saturated rings. The van der Waals surface area contributed by atoms with Gasteiger partial charge in [-0.2, -0.15) is 0 Å². The fourth-order valence-corrected chi connectivity index (χ4v) is 4.34. The molecule has 1 amide bonds. The quantitative estimate of drug-likeness (QED) is 0.759. The highest BCUT2D eigenvalue weighted by atomic mass is 32.2. The Labute approximate surface area is 152 Å². The number of thioether (sulfide) groups is 1. The Kier molecular flexibility index (Phi) is 4.61. The predicted molar refractivity (Wildman–Crippen MR) is 102 cm³/mol. The van der Waals surface area contributed by atoms with Crippen molar-refractivity contribution in [2.45, 2.75) is 23.8 Å². The summed E-state index contributed by atoms with van der Waals surface area (Å²) in [6.07, 6.45) is 5.43. The summed E-state index contributed by atoms with van der Waals surface area (Å²) < 4.78 is 2.06. The number of rotatable bonds is 4. The molecule has 3 aromatic rings. The lowest BCUT2D eigenvalue weighted by molar-refractivity contribution is -0.121. The number of nitrogens with zero attached hydrogens (tertiary/aromatic N) is 1. The van der Waals surface area contributed by atoms with E-state index in [-0.39, 0.29) is 11.9 Å². The van der Waals surface area contributed by atoms with Crippen molar-refractivity contribution in [2.24, 2.45) is 0 Å². The molecule has 0 spiro atoms. The number of carbonyl (C=O) groups is 1. The summed E-state index contributed by atoms with van der Waals surface area (Å²) >= 11 is 1.87. The number of benzene rings is 2. The summed E-state index contributed by atoms with van der Waals surface area (Å²) in [6, 6.07) is 20.7. The van der Waals surface area contributed by atoms with E-state index in [1.165, 1.54) is 10.5 Å². The second kappa shape index (κ2) is 7.19. The first-order chi connectivity index (χ1) is 12.3. The number of fused-ring (bicyclic) bond motifs is 1. The Bertz CT molecular complexity index is 856. The van der Waals surface area contributed by atoms with Crippen molar-refractivity contribution in [2.75, 3.05) is 5.75 Å². The third kappa shape index (κ3) is 3.64. The van der Waals surface area contributed by atoms with Crippen LogP contribution >= 0.6 is 11.8 Å². The van der Waals surface area contributed by atoms with E-state index in [4.69, 9.17) is 0 Å². The van der Waals surface area contributed by atoms with Gasteiger partial charge >= 0.3 is 0 Å². The van der Waals surface area contributed by atoms with Crippen molar-refractivity contribution in [3.05, 3.63) is 84.2 Å². The monoisotopic (exact) mass is 348 g/mol. The van der Waals surface area contributed by atoms with E-state index in [1.54, 1.807) is 0 Å². The van der Waals surface area contributed by atoms with Gasteiger partial charge in [-0.05, 0) is 47.9 Å². The number of aromatic nitrogens is 1. The van der Waals surface area contributed by atoms with Gasteiger partial charge < -0.3 is 9.88 Å². The van der Waals surface area contributed by atoms with E-state index in [9.17, 15) is 4.79 Å². The molecule has 4 heteroatoms. The van der Waals surface area contributed by atoms with Crippen LogP contribution in [0.4, 0.5) is 0 Å². The van der Waals surface area contributed by atoms with Crippen LogP contribution in [0.2, 0.25) is 0 Å². The van der Waals surface area contributed by atoms with Crippen LogP contribution in [0.25, 0.3) is 5.69 Å². The Morgan fingerprint density at radius 1 is 1.04 bits per heavy atom. The van der Waals surface area contributed by atoms with Crippen molar-refractivity contribution in [3.8, 4) is 5.69 Å². The number of hydrogen-bond donors (Lipinski definition) is 1. The molecule has 1 aromatic heterocycles. The molecule has 1 aliphatic heterocycles. The highest BCUT2D eigenvalue weighted by Gasteiger charge is 2.21. The maximum atomic E-state index is 12.5. The first kappa shape index (κ1) is 16.0. The maximum absolute atomic E-state index is 12.5. The van der Waals surface area contributed by atoms with Gasteiger partial charge in [0, 0.05) is 28.7 Å². The summed E-state index contributed by atoms with van der Waals surface area (Å²) in [5.74, 6) is 1.13. The molecule has 0 radical (unpaired) electrons. The first-order valence-electron chi connectivity index (χ1n) is 8.53. The Morgan fingerprint density at radius 2 is 1.80 bits per heavy atom. The molecule has 126 valence electrons. The summed E-state index contributed by atoms with van der Waals surface area (Å²) in [4.78, 5) is 13.8. The van der Waals surface area contributed by atoms with E-state index in [0.29, 0.717) is 6.42 Å². The van der Waals surface area contributed by atoms with Gasteiger partial charge in [-0.15, -0.1) is 11.8 Å². The van der Waals surface area contributed by atoms with Crippen LogP contribution < -0.4 is 5.32 Å². The number of amides is 1. The van der Waals surface area contributed by atoms with Gasteiger partial charge in [0.15, 0.2) is 0 Å². The normalized spacial score (nSPS) is 16.2. The second-order valence-electron chi connectivity index (χ2n) is 6.23. The lowest BCUT2D eigenvalue weighted by Crippen LogP contribution is -2.31. The van der Waals surface area contributed by atoms with Gasteiger partial charge in [0.05, 0.1) is 12.5 Å². The molecule has 2 heterocycles. The fraction of sp³-hybridized carbons (Fsp3) is 0.190. The summed E-state index contributed by atoms with van der Waals surface area (Å²) in [5.41, 5.74) is 3.38. The van der Waals surface area contributed by atoms with Crippen molar-refractivity contribution >= 4 is 17.7 Å². The fourth-order valence-electron chi connectivity index (χ4n) is 3.22. The molecule has 0 unspecified atom stereocenters. The summed E-state index contributed by atoms with van der Waals surface area (Å²) in [7, 11) is 0. The zero-order chi connectivity index (χ0) is 17.1. The average Bonchev–Trinajstić information content (AvgIpc) is 3.17. The molecule has 4 rings (SSSR count). The number of hydrogen-bond acceptors (Lipinski definition) is 2. The predicted octanol–water partition coefficient (Wildman–Crippen LogP) is 4.37. The molecule has 2 aromatic carbocycles. The first-order valence-corrected chi connectivity index (χ1v) is 9.51. The molecular formula is C21H20N2OS. The van der Waals surface area contributed by atoms with Crippen molar-refractivity contribution in [1.29, 1.82) is 0 Å². The Morgan fingerprint density at radius 3 is 2.60 bits per heavy atom. The number of carbonyl (C=O) groups excluding carboxylic acids is 1. The van der Waals surface area contributed by atoms with Crippen LogP contribution in [0.1, 0.15) is 23.6 Å². The minimum atomic E-state index is 0.0837. The molecule has 25 heavy (non-hydrogen) atoms. The van der Waals surface area contributed by atoms with Crippen LogP contribution in [0.5, 0.6) is 0 Å². The van der Waals surface area contributed by atoms with Crippen LogP contribution in [-0.2, 0) is 11.2 Å². The van der Waals surface area contributed by atoms with Gasteiger partial charge in [0.2, 0.25) is 5.91 Å². The van der Waals surface area contributed by atoms with Gasteiger partial charge in [0.25, 0.3) is 0 Å². The summed E-state index contributed by atoms with van der Waals surface area (Å²) in [6.45, 7) is 0. The molecule has 1 atom stereocenters. The largest absolute Gasteiger partial charge is 0.349 e. The third-order valence-electron chi connectivity index (χ3n) is 4.50. The van der Waals surface area contributed by atoms with Crippen molar-refractivity contribution in [3.63, 3.8) is 0 Å². The molecule has 3 nitrogen and oxygen atoms in total. The SMILES string of the molecule is O=C(Cc1ccc(-n2cccc2)cc1)N[C@@H]1CCSc2ccccc21. The molecule has 1 N–H and O–H groups in total. The van der Waals surface area contributed by atoms with E-state index in [1.807, 2.05) is 54.5 Å². The van der Waals surface area contributed by atoms with Crippen molar-refractivity contribution < 1.29 is 4.79 Å². The minimum Gasteiger partial charge on any atom is -0.349 e. The second-order valence-corrected chi connectivity index (χ2v) is 7.37. The molecular weight excluding hydrogens is 328 g/mol. The lowest BCUT2D eigenvalue weighted by Gasteiger charge is -2.25. The Hall–Kier alpha value is -2.46. The average molecular weight is 348 g/mol. The van der Waals surface area contributed by atoms with Gasteiger partial charge in [0.1, 0.15) is 0 Å². The molecule has 0 saturated carbocycles. The van der Waals surface area contributed by atoms with E-state index in [2.05, 4.69) is 40.2 Å². The van der Waals surface area contributed by atoms with Crippen LogP contribution in [-0.4, -0.2) is 16.2 Å². The highest BCUT2D eigenvalue weighted by molar-refractivity contribution is 7.99. The van der Waals surface area contributed by atoms with Gasteiger partial charge in [-0.25, -0.2) is 0 Å². The van der Waals surface area contributed by atoms with Gasteiger partial charge in [-0.3, -0.25) is 4.79 Å². The molecule has 0 bridgehead atoms. The lowest BCUT2D eigenvalue weighted by atomic mass is 10.0. The van der Waals surface area contributed by atoms with Crippen molar-refractivity contribution in [1.82, 2.24) is 9.88 Å². The molecule has 0 saturated heterocycles. The van der Waals surface area contributed by atoms with E-state index in [0.717, 1.165) is 23.4 Å². The smallest absolute Gasteiger partial charge is 0.224 e. The number of nitrogens with one attached hydrogen (secondary N) is 1. The zero-order valence-corrected chi connectivity index (χ0v) is 14.7. The van der Waals surface area contributed by atoms with Crippen LogP contribution in [0, 0.1) is 0 Å². The van der Waals surface area contributed by atoms with E-state index < -0.39 is 0 Å². The maximum Gasteiger partial charge on any atom is 0.224 e. The standard InChI is InChI=1S/C21H20N2OS/c24-21(22-19-11-14-25-20-6-2-1-5-18(19)20)15-16-7-9-17(10-8-16)23-12-3-4-13-23/h1-10,12-13,19H,11,14-15H2,(H,22,24)/t19-/m1/s1. The zero-order valence-electron chi connectivity index (χ0n) is 13.9. The van der Waals surface area contributed by atoms with Crippen LogP contribution in [0.3, 0.4) is 0 Å². The summed E-state index contributed by atoms with van der Waals surface area (Å²) in [5, 5.41) is 3.21. The van der Waals surface area contributed by atoms with Gasteiger partial charge in [-0.1, -0.05) is 30.3 Å². The van der Waals surface area contributed by atoms with E-state index >= 15 is 0 Å². The third-order valence-corrected chi connectivity index (χ3v) is 5.62.